The van der Waals surface area contributed by atoms with E-state index < -0.39 is 5.97 Å². The lowest BCUT2D eigenvalue weighted by Crippen LogP contribution is -2.35. The number of fused-ring (bicyclic) bond motifs is 1. The van der Waals surface area contributed by atoms with Crippen LogP contribution in [0.1, 0.15) is 63.2 Å². The van der Waals surface area contributed by atoms with Gasteiger partial charge in [-0.2, -0.15) is 0 Å². The predicted molar refractivity (Wildman–Crippen MR) is 94.6 cm³/mol. The summed E-state index contributed by atoms with van der Waals surface area (Å²) < 4.78 is 4.69. The Kier molecular flexibility index (Phi) is 4.45. The van der Waals surface area contributed by atoms with Crippen LogP contribution in [-0.4, -0.2) is 19.0 Å². The van der Waals surface area contributed by atoms with Crippen molar-refractivity contribution in [1.29, 1.82) is 0 Å². The van der Waals surface area contributed by atoms with Crippen LogP contribution in [0.15, 0.2) is 36.4 Å². The summed E-state index contributed by atoms with van der Waals surface area (Å²) in [7, 11) is 1.34. The van der Waals surface area contributed by atoms with E-state index in [0.717, 1.165) is 24.2 Å². The van der Waals surface area contributed by atoms with Crippen molar-refractivity contribution in [2.75, 3.05) is 7.11 Å². The monoisotopic (exact) mass is 343 g/mol. The molecule has 1 aromatic carbocycles. The van der Waals surface area contributed by atoms with E-state index in [1.807, 2.05) is 12.1 Å². The molecule has 1 aliphatic carbocycles. The number of carbonyl (C=O) groups excluding carboxylic acids is 2. The van der Waals surface area contributed by atoms with Gasteiger partial charge in [0.05, 0.1) is 18.0 Å². The van der Waals surface area contributed by atoms with Gasteiger partial charge >= 0.3 is 5.97 Å². The number of benzene rings is 1. The van der Waals surface area contributed by atoms with E-state index in [2.05, 4.69) is 36.0 Å². The highest BCUT2D eigenvalue weighted by atomic mass is 32.1. The van der Waals surface area contributed by atoms with Crippen molar-refractivity contribution < 1.29 is 14.3 Å². The molecule has 1 atom stereocenters. The molecule has 24 heavy (non-hydrogen) atoms. The van der Waals surface area contributed by atoms with Crippen molar-refractivity contribution in [3.05, 3.63) is 57.3 Å². The number of nitrogens with one attached hydrogen (secondary N) is 1. The Morgan fingerprint density at radius 3 is 2.62 bits per heavy atom. The summed E-state index contributed by atoms with van der Waals surface area (Å²) in [6.45, 7) is 4.48. The Morgan fingerprint density at radius 2 is 1.88 bits per heavy atom. The molecule has 0 spiro atoms. The Bertz CT molecular complexity index is 778. The second-order valence-electron chi connectivity index (χ2n) is 6.69. The van der Waals surface area contributed by atoms with E-state index in [-0.39, 0.29) is 17.4 Å². The lowest BCUT2D eigenvalue weighted by Gasteiger charge is -2.37. The third-order valence-corrected chi connectivity index (χ3v) is 5.71. The maximum absolute atomic E-state index is 12.6. The van der Waals surface area contributed by atoms with Crippen LogP contribution in [0.2, 0.25) is 0 Å². The lowest BCUT2D eigenvalue weighted by molar-refractivity contribution is 0.0606. The quantitative estimate of drug-likeness (QED) is 0.855. The van der Waals surface area contributed by atoms with Crippen molar-refractivity contribution in [2.24, 2.45) is 0 Å². The van der Waals surface area contributed by atoms with Crippen LogP contribution in [-0.2, 0) is 10.2 Å². The zero-order valence-corrected chi connectivity index (χ0v) is 14.9. The minimum atomic E-state index is -0.413. The topological polar surface area (TPSA) is 55.4 Å². The molecule has 1 aromatic heterocycles. The molecule has 0 fully saturated rings. The van der Waals surface area contributed by atoms with E-state index in [1.54, 1.807) is 12.1 Å². The van der Waals surface area contributed by atoms with E-state index in [1.165, 1.54) is 18.2 Å². The molecule has 1 aliphatic rings. The minimum absolute atomic E-state index is 0.00500. The van der Waals surface area contributed by atoms with Gasteiger partial charge in [0.1, 0.15) is 4.88 Å². The maximum Gasteiger partial charge on any atom is 0.348 e. The number of amides is 1. The molecule has 0 saturated carbocycles. The van der Waals surface area contributed by atoms with Crippen LogP contribution in [0, 0.1) is 0 Å². The molecule has 1 N–H and O–H groups in total. The fourth-order valence-corrected chi connectivity index (χ4v) is 4.09. The van der Waals surface area contributed by atoms with Gasteiger partial charge in [-0.1, -0.05) is 38.1 Å². The van der Waals surface area contributed by atoms with Gasteiger partial charge in [-0.15, -0.1) is 11.3 Å². The summed E-state index contributed by atoms with van der Waals surface area (Å²) in [6.07, 6.45) is 1.93. The number of hydrogen-bond donors (Lipinski definition) is 1. The normalized spacial score (nSPS) is 18.5. The summed E-state index contributed by atoms with van der Waals surface area (Å²) in [5.74, 6) is -0.557. The number of thiophene rings is 1. The highest BCUT2D eigenvalue weighted by Gasteiger charge is 2.33. The highest BCUT2D eigenvalue weighted by Crippen LogP contribution is 2.41. The third-order valence-electron chi connectivity index (χ3n) is 4.65. The van der Waals surface area contributed by atoms with E-state index in [9.17, 15) is 9.59 Å². The number of esters is 1. The first-order chi connectivity index (χ1) is 11.4. The first-order valence-corrected chi connectivity index (χ1v) is 8.82. The summed E-state index contributed by atoms with van der Waals surface area (Å²) in [6, 6.07) is 11.6. The summed E-state index contributed by atoms with van der Waals surface area (Å²) >= 11 is 1.16. The molecule has 4 nitrogen and oxygen atoms in total. The van der Waals surface area contributed by atoms with Crippen molar-refractivity contribution >= 4 is 23.2 Å². The summed E-state index contributed by atoms with van der Waals surface area (Å²) in [5.41, 5.74) is 2.61. The molecular weight excluding hydrogens is 322 g/mol. The van der Waals surface area contributed by atoms with E-state index >= 15 is 0 Å². The molecular formula is C19H21NO3S. The number of methoxy groups -OCH3 is 1. The number of rotatable bonds is 3. The Balaban J connectivity index is 1.80. The fourth-order valence-electron chi connectivity index (χ4n) is 3.26. The molecule has 1 heterocycles. The van der Waals surface area contributed by atoms with Gasteiger partial charge in [0.25, 0.3) is 5.91 Å². The molecule has 0 radical (unpaired) electrons. The van der Waals surface area contributed by atoms with Gasteiger partial charge in [-0.05, 0) is 41.5 Å². The van der Waals surface area contributed by atoms with Gasteiger partial charge in [0.15, 0.2) is 0 Å². The molecule has 0 aliphatic heterocycles. The smallest absolute Gasteiger partial charge is 0.348 e. The zero-order valence-electron chi connectivity index (χ0n) is 14.1. The zero-order chi connectivity index (χ0) is 17.3. The molecule has 1 unspecified atom stereocenters. The molecule has 3 rings (SSSR count). The van der Waals surface area contributed by atoms with E-state index in [4.69, 9.17) is 0 Å². The van der Waals surface area contributed by atoms with E-state index in [0.29, 0.717) is 9.75 Å². The van der Waals surface area contributed by atoms with Gasteiger partial charge < -0.3 is 10.1 Å². The second kappa shape index (κ2) is 6.40. The molecule has 126 valence electrons. The summed E-state index contributed by atoms with van der Waals surface area (Å²) in [5, 5.41) is 3.12. The second-order valence-corrected chi connectivity index (χ2v) is 7.78. The number of carbonyl (C=O) groups is 2. The Labute approximate surface area is 145 Å². The van der Waals surface area contributed by atoms with Crippen LogP contribution in [0.5, 0.6) is 0 Å². The average Bonchev–Trinajstić information content (AvgIpc) is 3.07. The van der Waals surface area contributed by atoms with Gasteiger partial charge in [-0.3, -0.25) is 4.79 Å². The van der Waals surface area contributed by atoms with Gasteiger partial charge in [0, 0.05) is 0 Å². The van der Waals surface area contributed by atoms with Crippen molar-refractivity contribution in [3.63, 3.8) is 0 Å². The molecule has 5 heteroatoms. The first kappa shape index (κ1) is 16.7. The van der Waals surface area contributed by atoms with Crippen LogP contribution in [0.3, 0.4) is 0 Å². The Morgan fingerprint density at radius 1 is 1.17 bits per heavy atom. The third kappa shape index (κ3) is 3.08. The van der Waals surface area contributed by atoms with Crippen molar-refractivity contribution in [3.8, 4) is 0 Å². The van der Waals surface area contributed by atoms with Crippen LogP contribution in [0.25, 0.3) is 0 Å². The average molecular weight is 343 g/mol. The van der Waals surface area contributed by atoms with Crippen LogP contribution < -0.4 is 5.32 Å². The van der Waals surface area contributed by atoms with Crippen molar-refractivity contribution in [1.82, 2.24) is 5.32 Å². The molecule has 0 bridgehead atoms. The largest absolute Gasteiger partial charge is 0.465 e. The maximum atomic E-state index is 12.6. The molecule has 0 saturated heterocycles. The minimum Gasteiger partial charge on any atom is -0.465 e. The van der Waals surface area contributed by atoms with Crippen LogP contribution in [0.4, 0.5) is 0 Å². The molecule has 2 aromatic rings. The number of hydrogen-bond acceptors (Lipinski definition) is 4. The first-order valence-electron chi connectivity index (χ1n) is 8.01. The molecule has 1 amide bonds. The van der Waals surface area contributed by atoms with Crippen molar-refractivity contribution in [2.45, 2.75) is 38.1 Å². The van der Waals surface area contributed by atoms with Crippen LogP contribution >= 0.6 is 11.3 Å². The predicted octanol–water partition coefficient (Wildman–Crippen LogP) is 4.08. The SMILES string of the molecule is COC(=O)c1ccc(C(=O)NC2CCC(C)(C)c3ccccc32)s1. The summed E-state index contributed by atoms with van der Waals surface area (Å²) in [4.78, 5) is 25.0. The van der Waals surface area contributed by atoms with Gasteiger partial charge in [-0.25, -0.2) is 4.79 Å². The number of ether oxygens (including phenoxy) is 1. The fraction of sp³-hybridized carbons (Fsp3) is 0.368. The highest BCUT2D eigenvalue weighted by molar-refractivity contribution is 7.15. The Hall–Kier alpha value is -2.14. The lowest BCUT2D eigenvalue weighted by atomic mass is 9.71. The standard InChI is InChI=1S/C19H21NO3S/c1-19(2)11-10-14(12-6-4-5-7-13(12)19)20-17(21)15-8-9-16(24-15)18(22)23-3/h4-9,14H,10-11H2,1-3H3,(H,20,21). The van der Waals surface area contributed by atoms with Gasteiger partial charge in [0.2, 0.25) is 0 Å².